The third kappa shape index (κ3) is 7.39. The van der Waals surface area contributed by atoms with E-state index in [-0.39, 0.29) is 0 Å². The maximum absolute atomic E-state index is 12.6. The molecule has 0 aromatic rings. The van der Waals surface area contributed by atoms with E-state index in [2.05, 4.69) is 4.74 Å². The summed E-state index contributed by atoms with van der Waals surface area (Å²) in [7, 11) is 2.55. The summed E-state index contributed by atoms with van der Waals surface area (Å²) >= 11 is 0. The van der Waals surface area contributed by atoms with Crippen molar-refractivity contribution in [2.75, 3.05) is 20.7 Å². The standard InChI is InChI=1S/C11H15F3N2O4/c1-7(17)6-9(18)20-5-4-8(11(12,13)14)15-10(19)16(2)3/h4H,5-6H2,1-3H3,(H,15,19)/b8-4-. The van der Waals surface area contributed by atoms with Gasteiger partial charge in [-0.05, 0) is 13.0 Å². The summed E-state index contributed by atoms with van der Waals surface area (Å²) in [5.41, 5.74) is -1.34. The number of carbonyl (C=O) groups is 3. The Morgan fingerprint density at radius 1 is 1.25 bits per heavy atom. The molecule has 0 bridgehead atoms. The molecule has 0 aliphatic carbocycles. The summed E-state index contributed by atoms with van der Waals surface area (Å²) in [5, 5.41) is 1.64. The van der Waals surface area contributed by atoms with Crippen molar-refractivity contribution >= 4 is 17.8 Å². The van der Waals surface area contributed by atoms with Gasteiger partial charge in [0.1, 0.15) is 24.5 Å². The monoisotopic (exact) mass is 296 g/mol. The lowest BCUT2D eigenvalue weighted by Crippen LogP contribution is -2.38. The molecule has 0 fully saturated rings. The van der Waals surface area contributed by atoms with Crippen LogP contribution >= 0.6 is 0 Å². The summed E-state index contributed by atoms with van der Waals surface area (Å²) in [5.74, 6) is -1.40. The fourth-order valence-electron chi connectivity index (χ4n) is 0.937. The Kier molecular flexibility index (Phi) is 6.74. The summed E-state index contributed by atoms with van der Waals surface area (Å²) in [6, 6.07) is -0.969. The molecule has 114 valence electrons. The molecule has 0 spiro atoms. The van der Waals surface area contributed by atoms with Gasteiger partial charge in [-0.2, -0.15) is 13.2 Å². The van der Waals surface area contributed by atoms with Crippen molar-refractivity contribution in [2.45, 2.75) is 19.5 Å². The van der Waals surface area contributed by atoms with Crippen LogP contribution in [0.5, 0.6) is 0 Å². The van der Waals surface area contributed by atoms with Crippen molar-refractivity contribution in [3.63, 3.8) is 0 Å². The molecule has 2 amide bonds. The molecule has 0 atom stereocenters. The number of nitrogens with one attached hydrogen (secondary N) is 1. The number of halogens is 3. The van der Waals surface area contributed by atoms with E-state index in [1.54, 1.807) is 5.32 Å². The number of Topliss-reactive ketones (excluding diaryl/α,β-unsaturated/α-hetero) is 1. The van der Waals surface area contributed by atoms with Gasteiger partial charge in [0.2, 0.25) is 0 Å². The highest BCUT2D eigenvalue weighted by Crippen LogP contribution is 2.23. The van der Waals surface area contributed by atoms with Crippen LogP contribution < -0.4 is 5.32 Å². The molecule has 0 aromatic heterocycles. The first kappa shape index (κ1) is 17.9. The van der Waals surface area contributed by atoms with Crippen LogP contribution in [0.2, 0.25) is 0 Å². The number of allylic oxidation sites excluding steroid dienone is 1. The molecule has 9 heteroatoms. The highest BCUT2D eigenvalue weighted by Gasteiger charge is 2.35. The first-order valence-corrected chi connectivity index (χ1v) is 5.44. The Bertz CT molecular complexity index is 416. The zero-order chi connectivity index (χ0) is 15.9. The summed E-state index contributed by atoms with van der Waals surface area (Å²) in [4.78, 5) is 33.6. The fourth-order valence-corrected chi connectivity index (χ4v) is 0.937. The minimum atomic E-state index is -4.79. The SMILES string of the molecule is CC(=O)CC(=O)OC/C=C(\NC(=O)N(C)C)C(F)(F)F. The molecule has 0 aliphatic heterocycles. The Morgan fingerprint density at radius 2 is 1.80 bits per heavy atom. The summed E-state index contributed by atoms with van der Waals surface area (Å²) in [6.45, 7) is 0.449. The van der Waals surface area contributed by atoms with Crippen LogP contribution in [-0.2, 0) is 14.3 Å². The molecule has 0 aromatic carbocycles. The maximum atomic E-state index is 12.6. The van der Waals surface area contributed by atoms with Gasteiger partial charge in [-0.1, -0.05) is 0 Å². The zero-order valence-corrected chi connectivity index (χ0v) is 11.2. The smallest absolute Gasteiger partial charge is 0.431 e. The number of rotatable bonds is 5. The first-order valence-electron chi connectivity index (χ1n) is 5.44. The van der Waals surface area contributed by atoms with Gasteiger partial charge in [0, 0.05) is 14.1 Å². The van der Waals surface area contributed by atoms with Gasteiger partial charge < -0.3 is 15.0 Å². The minimum absolute atomic E-state index is 0.462. The van der Waals surface area contributed by atoms with Crippen molar-refractivity contribution in [3.05, 3.63) is 11.8 Å². The van der Waals surface area contributed by atoms with Gasteiger partial charge in [0.05, 0.1) is 0 Å². The maximum Gasteiger partial charge on any atom is 0.431 e. The number of urea groups is 1. The van der Waals surface area contributed by atoms with Crippen molar-refractivity contribution < 1.29 is 32.3 Å². The molecule has 0 unspecified atom stereocenters. The van der Waals surface area contributed by atoms with E-state index < -0.39 is 42.7 Å². The third-order valence-corrected chi connectivity index (χ3v) is 1.88. The molecule has 0 saturated heterocycles. The van der Waals surface area contributed by atoms with Gasteiger partial charge in [-0.25, -0.2) is 4.79 Å². The van der Waals surface area contributed by atoms with Crippen LogP contribution in [-0.4, -0.2) is 49.6 Å². The average Bonchev–Trinajstić information content (AvgIpc) is 2.24. The van der Waals surface area contributed by atoms with Crippen molar-refractivity contribution in [2.24, 2.45) is 0 Å². The van der Waals surface area contributed by atoms with Gasteiger partial charge in [-0.3, -0.25) is 9.59 Å². The summed E-state index contributed by atoms with van der Waals surface area (Å²) < 4.78 is 42.2. The molecule has 0 aliphatic rings. The van der Waals surface area contributed by atoms with Gasteiger partial charge in [0.25, 0.3) is 0 Å². The predicted octanol–water partition coefficient (Wildman–Crippen LogP) is 1.23. The highest BCUT2D eigenvalue weighted by atomic mass is 19.4. The van der Waals surface area contributed by atoms with Crippen molar-refractivity contribution in [1.82, 2.24) is 10.2 Å². The zero-order valence-electron chi connectivity index (χ0n) is 11.2. The number of hydrogen-bond donors (Lipinski definition) is 1. The van der Waals surface area contributed by atoms with Crippen LogP contribution in [0.3, 0.4) is 0 Å². The lowest BCUT2D eigenvalue weighted by Gasteiger charge is -2.16. The van der Waals surface area contributed by atoms with Crippen molar-refractivity contribution in [3.8, 4) is 0 Å². The number of ether oxygens (including phenoxy) is 1. The second-order valence-corrected chi connectivity index (χ2v) is 4.00. The molecule has 1 N–H and O–H groups in total. The van der Waals surface area contributed by atoms with Gasteiger partial charge >= 0.3 is 18.2 Å². The van der Waals surface area contributed by atoms with Crippen LogP contribution in [0, 0.1) is 0 Å². The van der Waals surface area contributed by atoms with E-state index in [1.165, 1.54) is 14.1 Å². The van der Waals surface area contributed by atoms with Crippen LogP contribution in [0.15, 0.2) is 11.8 Å². The van der Waals surface area contributed by atoms with E-state index >= 15 is 0 Å². The van der Waals surface area contributed by atoms with Crippen LogP contribution in [0.4, 0.5) is 18.0 Å². The third-order valence-electron chi connectivity index (χ3n) is 1.88. The predicted molar refractivity (Wildman–Crippen MR) is 62.6 cm³/mol. The van der Waals surface area contributed by atoms with E-state index in [0.29, 0.717) is 6.08 Å². The highest BCUT2D eigenvalue weighted by molar-refractivity contribution is 5.94. The van der Waals surface area contributed by atoms with Crippen LogP contribution in [0.25, 0.3) is 0 Å². The van der Waals surface area contributed by atoms with Gasteiger partial charge in [-0.15, -0.1) is 0 Å². The van der Waals surface area contributed by atoms with Crippen LogP contribution in [0.1, 0.15) is 13.3 Å². The molecule has 6 nitrogen and oxygen atoms in total. The molecule has 0 radical (unpaired) electrons. The van der Waals surface area contributed by atoms with E-state index in [4.69, 9.17) is 0 Å². The Balaban J connectivity index is 4.65. The Morgan fingerprint density at radius 3 is 2.20 bits per heavy atom. The number of alkyl halides is 3. The quantitative estimate of drug-likeness (QED) is 0.611. The summed E-state index contributed by atoms with van der Waals surface area (Å²) in [6.07, 6.45) is -4.79. The topological polar surface area (TPSA) is 75.7 Å². The Hall–Kier alpha value is -2.06. The number of carbonyl (C=O) groups excluding carboxylic acids is 3. The first-order chi connectivity index (χ1) is 9.04. The number of esters is 1. The van der Waals surface area contributed by atoms with E-state index in [0.717, 1.165) is 11.8 Å². The van der Waals surface area contributed by atoms with E-state index in [1.807, 2.05) is 0 Å². The largest absolute Gasteiger partial charge is 0.461 e. The van der Waals surface area contributed by atoms with Gasteiger partial charge in [0.15, 0.2) is 0 Å². The number of ketones is 1. The molecule has 0 rings (SSSR count). The van der Waals surface area contributed by atoms with E-state index in [9.17, 15) is 27.6 Å². The Labute approximate surface area is 113 Å². The second-order valence-electron chi connectivity index (χ2n) is 4.00. The van der Waals surface area contributed by atoms with Crippen molar-refractivity contribution in [1.29, 1.82) is 0 Å². The molecular formula is C11H15F3N2O4. The number of amides is 2. The average molecular weight is 296 g/mol. The minimum Gasteiger partial charge on any atom is -0.461 e. The fraction of sp³-hybridized carbons (Fsp3) is 0.545. The number of hydrogen-bond acceptors (Lipinski definition) is 4. The number of nitrogens with zero attached hydrogens (tertiary/aromatic N) is 1. The lowest BCUT2D eigenvalue weighted by molar-refractivity contribution is -0.144. The molecular weight excluding hydrogens is 281 g/mol. The normalized spacial score (nSPS) is 11.8. The molecule has 0 saturated carbocycles. The second kappa shape index (κ2) is 7.51. The molecule has 0 heterocycles. The molecule has 20 heavy (non-hydrogen) atoms. The lowest BCUT2D eigenvalue weighted by atomic mass is 10.3.